The summed E-state index contributed by atoms with van der Waals surface area (Å²) in [6.45, 7) is 7.04. The molecule has 2 heterocycles. The van der Waals surface area contributed by atoms with E-state index in [0.717, 1.165) is 22.0 Å². The molecular formula is C15H17N5S. The van der Waals surface area contributed by atoms with Gasteiger partial charge in [-0.25, -0.2) is 9.97 Å². The molecule has 5 nitrogen and oxygen atoms in total. The Hall–Kier alpha value is -2.08. The van der Waals surface area contributed by atoms with Gasteiger partial charge in [-0.1, -0.05) is 17.8 Å². The summed E-state index contributed by atoms with van der Waals surface area (Å²) < 4.78 is 0. The van der Waals surface area contributed by atoms with Gasteiger partial charge in [0.25, 0.3) is 0 Å². The van der Waals surface area contributed by atoms with Gasteiger partial charge in [-0.2, -0.15) is 4.98 Å². The van der Waals surface area contributed by atoms with Crippen LogP contribution in [0.2, 0.25) is 0 Å². The molecule has 21 heavy (non-hydrogen) atoms. The first-order valence-electron chi connectivity index (χ1n) is 6.87. The predicted molar refractivity (Wildman–Crippen MR) is 85.9 cm³/mol. The summed E-state index contributed by atoms with van der Waals surface area (Å²) in [6.07, 6.45) is 1.65. The molecule has 0 spiro atoms. The summed E-state index contributed by atoms with van der Waals surface area (Å²) in [7, 11) is 0. The normalized spacial score (nSPS) is 11.0. The lowest BCUT2D eigenvalue weighted by atomic mass is 10.1. The van der Waals surface area contributed by atoms with Crippen LogP contribution in [0.5, 0.6) is 0 Å². The molecule has 0 bridgehead atoms. The number of H-pyrrole nitrogens is 1. The first-order valence-corrected chi connectivity index (χ1v) is 7.69. The number of benzene rings is 1. The van der Waals surface area contributed by atoms with Crippen LogP contribution in [0.3, 0.4) is 0 Å². The average molecular weight is 299 g/mol. The molecule has 0 amide bonds. The van der Waals surface area contributed by atoms with Crippen LogP contribution in [0.25, 0.3) is 11.2 Å². The van der Waals surface area contributed by atoms with Crippen molar-refractivity contribution in [2.24, 2.45) is 0 Å². The number of anilines is 1. The first kappa shape index (κ1) is 13.9. The summed E-state index contributed by atoms with van der Waals surface area (Å²) in [4.78, 5) is 17.5. The maximum absolute atomic E-state index is 4.58. The summed E-state index contributed by atoms with van der Waals surface area (Å²) in [5, 5.41) is 4.03. The third kappa shape index (κ3) is 2.85. The van der Waals surface area contributed by atoms with E-state index >= 15 is 0 Å². The molecule has 3 rings (SSSR count). The van der Waals surface area contributed by atoms with E-state index in [9.17, 15) is 0 Å². The van der Waals surface area contributed by atoms with Crippen molar-refractivity contribution in [1.29, 1.82) is 0 Å². The molecule has 1 aromatic carbocycles. The quantitative estimate of drug-likeness (QED) is 0.721. The van der Waals surface area contributed by atoms with Crippen molar-refractivity contribution in [2.75, 3.05) is 11.9 Å². The van der Waals surface area contributed by atoms with E-state index in [1.54, 1.807) is 18.1 Å². The molecule has 0 unspecified atom stereocenters. The van der Waals surface area contributed by atoms with Crippen LogP contribution in [0.1, 0.15) is 18.1 Å². The molecule has 0 aliphatic rings. The van der Waals surface area contributed by atoms with Crippen LogP contribution < -0.4 is 5.32 Å². The zero-order chi connectivity index (χ0) is 14.8. The highest BCUT2D eigenvalue weighted by Gasteiger charge is 2.11. The van der Waals surface area contributed by atoms with E-state index in [4.69, 9.17) is 0 Å². The highest BCUT2D eigenvalue weighted by Crippen LogP contribution is 2.31. The summed E-state index contributed by atoms with van der Waals surface area (Å²) in [5.74, 6) is 0.614. The van der Waals surface area contributed by atoms with Crippen LogP contribution >= 0.6 is 11.8 Å². The maximum Gasteiger partial charge on any atom is 0.225 e. The molecule has 6 heteroatoms. The lowest BCUT2D eigenvalue weighted by molar-refractivity contribution is 1.04. The van der Waals surface area contributed by atoms with Gasteiger partial charge in [0.05, 0.1) is 6.33 Å². The standard InChI is InChI=1S/C15H17N5S/c1-4-16-15-19-13-12(17-8-18-13)14(20-15)21-11-6-5-9(2)10(3)7-11/h5-8H,4H2,1-3H3,(H2,16,17,18,19,20). The fourth-order valence-corrected chi connectivity index (χ4v) is 2.99. The van der Waals surface area contributed by atoms with Crippen LogP contribution in [0, 0.1) is 13.8 Å². The number of aromatic amines is 1. The number of aromatic nitrogens is 4. The van der Waals surface area contributed by atoms with Crippen molar-refractivity contribution in [1.82, 2.24) is 19.9 Å². The fraction of sp³-hybridized carbons (Fsp3) is 0.267. The molecule has 0 aliphatic heterocycles. The van der Waals surface area contributed by atoms with Crippen molar-refractivity contribution in [2.45, 2.75) is 30.7 Å². The van der Waals surface area contributed by atoms with Gasteiger partial charge in [0, 0.05) is 11.4 Å². The number of rotatable bonds is 4. The predicted octanol–water partition coefficient (Wildman–Crippen LogP) is 3.55. The van der Waals surface area contributed by atoms with Crippen molar-refractivity contribution in [3.05, 3.63) is 35.7 Å². The fourth-order valence-electron chi connectivity index (χ4n) is 2.01. The molecule has 2 aromatic heterocycles. The second-order valence-corrected chi connectivity index (χ2v) is 5.89. The molecule has 0 atom stereocenters. The minimum Gasteiger partial charge on any atom is -0.354 e. The number of fused-ring (bicyclic) bond motifs is 1. The Labute approximate surface area is 127 Å². The van der Waals surface area contributed by atoms with E-state index in [1.165, 1.54) is 11.1 Å². The highest BCUT2D eigenvalue weighted by atomic mass is 32.2. The second-order valence-electron chi connectivity index (χ2n) is 4.83. The van der Waals surface area contributed by atoms with Gasteiger partial charge < -0.3 is 10.3 Å². The first-order chi connectivity index (χ1) is 10.2. The van der Waals surface area contributed by atoms with Crippen molar-refractivity contribution < 1.29 is 0 Å². The van der Waals surface area contributed by atoms with E-state index < -0.39 is 0 Å². The molecular weight excluding hydrogens is 282 g/mol. The van der Waals surface area contributed by atoms with E-state index in [-0.39, 0.29) is 0 Å². The third-order valence-corrected chi connectivity index (χ3v) is 4.26. The molecule has 0 radical (unpaired) electrons. The van der Waals surface area contributed by atoms with Crippen molar-refractivity contribution >= 4 is 28.9 Å². The van der Waals surface area contributed by atoms with Crippen molar-refractivity contribution in [3.63, 3.8) is 0 Å². The van der Waals surface area contributed by atoms with Crippen LogP contribution in [0.4, 0.5) is 5.95 Å². The minimum absolute atomic E-state index is 0.614. The van der Waals surface area contributed by atoms with Gasteiger partial charge in [0.1, 0.15) is 10.5 Å². The molecule has 0 fully saturated rings. The Kier molecular flexibility index (Phi) is 3.79. The Balaban J connectivity index is 2.01. The maximum atomic E-state index is 4.58. The summed E-state index contributed by atoms with van der Waals surface area (Å²) in [6, 6.07) is 6.43. The van der Waals surface area contributed by atoms with E-state index in [2.05, 4.69) is 57.3 Å². The highest BCUT2D eigenvalue weighted by molar-refractivity contribution is 7.99. The Bertz CT molecular complexity index is 781. The Morgan fingerprint density at radius 3 is 2.81 bits per heavy atom. The summed E-state index contributed by atoms with van der Waals surface area (Å²) in [5.41, 5.74) is 4.14. The third-order valence-electron chi connectivity index (χ3n) is 3.28. The summed E-state index contributed by atoms with van der Waals surface area (Å²) >= 11 is 1.62. The number of aryl methyl sites for hydroxylation is 2. The lowest BCUT2D eigenvalue weighted by Gasteiger charge is -2.07. The number of imidazole rings is 1. The number of nitrogens with zero attached hydrogens (tertiary/aromatic N) is 3. The minimum atomic E-state index is 0.614. The molecule has 108 valence electrons. The van der Waals surface area contributed by atoms with E-state index in [1.807, 2.05) is 6.92 Å². The van der Waals surface area contributed by atoms with Gasteiger partial charge in [-0.05, 0) is 44.0 Å². The van der Waals surface area contributed by atoms with Crippen LogP contribution in [-0.4, -0.2) is 26.5 Å². The zero-order valence-electron chi connectivity index (χ0n) is 12.3. The lowest BCUT2D eigenvalue weighted by Crippen LogP contribution is -2.03. The van der Waals surface area contributed by atoms with E-state index in [0.29, 0.717) is 11.6 Å². The molecule has 0 aliphatic carbocycles. The van der Waals surface area contributed by atoms with Crippen LogP contribution in [-0.2, 0) is 0 Å². The largest absolute Gasteiger partial charge is 0.354 e. The number of hydrogen-bond donors (Lipinski definition) is 2. The average Bonchev–Trinajstić information content (AvgIpc) is 2.92. The Morgan fingerprint density at radius 1 is 1.19 bits per heavy atom. The monoisotopic (exact) mass is 299 g/mol. The van der Waals surface area contributed by atoms with Gasteiger partial charge in [0.2, 0.25) is 5.95 Å². The van der Waals surface area contributed by atoms with Gasteiger partial charge in [-0.15, -0.1) is 0 Å². The second kappa shape index (κ2) is 5.73. The molecule has 0 saturated carbocycles. The van der Waals surface area contributed by atoms with Gasteiger partial charge in [-0.3, -0.25) is 0 Å². The van der Waals surface area contributed by atoms with Gasteiger partial charge in [0.15, 0.2) is 5.65 Å². The number of nitrogens with one attached hydrogen (secondary N) is 2. The molecule has 3 aromatic rings. The zero-order valence-corrected chi connectivity index (χ0v) is 13.1. The Morgan fingerprint density at radius 2 is 2.05 bits per heavy atom. The van der Waals surface area contributed by atoms with Crippen LogP contribution in [0.15, 0.2) is 34.4 Å². The molecule has 2 N–H and O–H groups in total. The number of hydrogen-bond acceptors (Lipinski definition) is 5. The SMILES string of the molecule is CCNc1nc(Sc2ccc(C)c(C)c2)c2[nH]cnc2n1. The van der Waals surface area contributed by atoms with Crippen molar-refractivity contribution in [3.8, 4) is 0 Å². The molecule has 0 saturated heterocycles. The van der Waals surface area contributed by atoms with Gasteiger partial charge >= 0.3 is 0 Å². The smallest absolute Gasteiger partial charge is 0.225 e. The topological polar surface area (TPSA) is 66.5 Å².